The molecule has 132 valence electrons. The molecule has 2 aromatic carbocycles. The molecule has 1 N–H and O–H groups in total. The highest BCUT2D eigenvalue weighted by Gasteiger charge is 2.13. The first-order valence-electron chi connectivity index (χ1n) is 8.41. The van der Waals surface area contributed by atoms with Crippen molar-refractivity contribution in [2.45, 2.75) is 6.42 Å². The highest BCUT2D eigenvalue weighted by Crippen LogP contribution is 2.16. The number of nitrogens with zero attached hydrogens (tertiary/aromatic N) is 2. The van der Waals surface area contributed by atoms with E-state index in [9.17, 15) is 4.79 Å². The molecular weight excluding hydrogens is 346 g/mol. The van der Waals surface area contributed by atoms with Gasteiger partial charge in [0.1, 0.15) is 5.82 Å². The van der Waals surface area contributed by atoms with Crippen LogP contribution in [0.15, 0.2) is 72.9 Å². The number of halogens is 1. The molecule has 0 aliphatic carbocycles. The molecule has 1 aromatic heterocycles. The number of carbonyl (C=O) groups is 1. The molecule has 0 aliphatic rings. The first-order valence-corrected chi connectivity index (χ1v) is 8.79. The molecule has 3 aromatic rings. The molecule has 1 heterocycles. The van der Waals surface area contributed by atoms with Gasteiger partial charge < -0.3 is 10.2 Å². The zero-order valence-corrected chi connectivity index (χ0v) is 15.3. The van der Waals surface area contributed by atoms with E-state index in [0.29, 0.717) is 11.4 Å². The molecule has 1 amide bonds. The number of rotatable bonds is 6. The van der Waals surface area contributed by atoms with Crippen molar-refractivity contribution in [3.8, 4) is 0 Å². The fourth-order valence-corrected chi connectivity index (χ4v) is 2.73. The largest absolute Gasteiger partial charge is 0.370 e. The number of carbonyl (C=O) groups excluding carboxylic acids is 1. The lowest BCUT2D eigenvalue weighted by molar-refractivity contribution is 0.0993. The number of anilines is 2. The monoisotopic (exact) mass is 365 g/mol. The van der Waals surface area contributed by atoms with Crippen LogP contribution < -0.4 is 10.2 Å². The topological polar surface area (TPSA) is 45.2 Å². The minimum Gasteiger partial charge on any atom is -0.370 e. The van der Waals surface area contributed by atoms with Crippen LogP contribution in [0.5, 0.6) is 0 Å². The first kappa shape index (κ1) is 18.0. The quantitative estimate of drug-likeness (QED) is 0.690. The zero-order valence-electron chi connectivity index (χ0n) is 14.5. The molecule has 26 heavy (non-hydrogen) atoms. The van der Waals surface area contributed by atoms with E-state index >= 15 is 0 Å². The summed E-state index contributed by atoms with van der Waals surface area (Å²) in [4.78, 5) is 18.6. The molecule has 0 fully saturated rings. The van der Waals surface area contributed by atoms with Crippen LogP contribution >= 0.6 is 11.6 Å². The summed E-state index contributed by atoms with van der Waals surface area (Å²) >= 11 is 5.90. The number of hydrogen-bond acceptors (Lipinski definition) is 3. The number of aromatic nitrogens is 1. The number of para-hydroxylation sites is 1. The lowest BCUT2D eigenvalue weighted by atomic mass is 10.1. The van der Waals surface area contributed by atoms with Gasteiger partial charge in [-0.3, -0.25) is 4.79 Å². The van der Waals surface area contributed by atoms with Gasteiger partial charge in [-0.1, -0.05) is 41.9 Å². The maximum Gasteiger partial charge on any atom is 0.258 e. The SMILES string of the molecule is CN(C(=O)c1ccnc(NCCc2ccc(Cl)cc2)c1)c1ccccc1. The van der Waals surface area contributed by atoms with Gasteiger partial charge in [0.2, 0.25) is 0 Å². The minimum atomic E-state index is -0.0700. The number of amides is 1. The molecule has 0 aliphatic heterocycles. The molecule has 5 heteroatoms. The van der Waals surface area contributed by atoms with Gasteiger partial charge in [-0.05, 0) is 48.4 Å². The Labute approximate surface area is 158 Å². The van der Waals surface area contributed by atoms with Crippen LogP contribution in [0.4, 0.5) is 11.5 Å². The van der Waals surface area contributed by atoms with E-state index in [4.69, 9.17) is 11.6 Å². The van der Waals surface area contributed by atoms with Crippen molar-refractivity contribution in [2.75, 3.05) is 23.8 Å². The van der Waals surface area contributed by atoms with E-state index in [1.807, 2.05) is 54.6 Å². The Balaban J connectivity index is 1.62. The van der Waals surface area contributed by atoms with Crippen LogP contribution in [-0.4, -0.2) is 24.5 Å². The van der Waals surface area contributed by atoms with Crippen molar-refractivity contribution in [1.29, 1.82) is 0 Å². The van der Waals surface area contributed by atoms with Gasteiger partial charge in [-0.2, -0.15) is 0 Å². The predicted molar refractivity (Wildman–Crippen MR) is 107 cm³/mol. The highest BCUT2D eigenvalue weighted by molar-refractivity contribution is 6.30. The lowest BCUT2D eigenvalue weighted by Gasteiger charge is -2.17. The summed E-state index contributed by atoms with van der Waals surface area (Å²) in [6.45, 7) is 0.723. The summed E-state index contributed by atoms with van der Waals surface area (Å²) < 4.78 is 0. The van der Waals surface area contributed by atoms with E-state index < -0.39 is 0 Å². The third-order valence-corrected chi connectivity index (χ3v) is 4.34. The first-order chi connectivity index (χ1) is 12.6. The molecular formula is C21H20ClN3O. The van der Waals surface area contributed by atoms with Crippen molar-refractivity contribution in [3.63, 3.8) is 0 Å². The van der Waals surface area contributed by atoms with E-state index in [0.717, 1.165) is 23.7 Å². The van der Waals surface area contributed by atoms with Crippen molar-refractivity contribution in [1.82, 2.24) is 4.98 Å². The number of hydrogen-bond donors (Lipinski definition) is 1. The summed E-state index contributed by atoms with van der Waals surface area (Å²) in [5.74, 6) is 0.616. The normalized spacial score (nSPS) is 10.4. The van der Waals surface area contributed by atoms with Gasteiger partial charge in [-0.25, -0.2) is 4.98 Å². The highest BCUT2D eigenvalue weighted by atomic mass is 35.5. The van der Waals surface area contributed by atoms with Gasteiger partial charge in [0, 0.05) is 36.1 Å². The van der Waals surface area contributed by atoms with E-state index in [-0.39, 0.29) is 5.91 Å². The maximum absolute atomic E-state index is 12.7. The Morgan fingerprint density at radius 1 is 1.08 bits per heavy atom. The Bertz CT molecular complexity index is 866. The summed E-state index contributed by atoms with van der Waals surface area (Å²) in [5.41, 5.74) is 2.64. The van der Waals surface area contributed by atoms with Gasteiger partial charge in [0.05, 0.1) is 0 Å². The Hall–Kier alpha value is -2.85. The molecule has 0 atom stereocenters. The summed E-state index contributed by atoms with van der Waals surface area (Å²) in [6, 6.07) is 20.9. The van der Waals surface area contributed by atoms with Crippen LogP contribution in [0.1, 0.15) is 15.9 Å². The second-order valence-corrected chi connectivity index (χ2v) is 6.37. The van der Waals surface area contributed by atoms with Crippen molar-refractivity contribution >= 4 is 29.0 Å². The lowest BCUT2D eigenvalue weighted by Crippen LogP contribution is -2.26. The van der Waals surface area contributed by atoms with Crippen molar-refractivity contribution in [2.24, 2.45) is 0 Å². The van der Waals surface area contributed by atoms with E-state index in [1.54, 1.807) is 30.3 Å². The average molecular weight is 366 g/mol. The standard InChI is InChI=1S/C21H20ClN3O/c1-25(19-5-3-2-4-6-19)21(26)17-12-14-24-20(15-17)23-13-11-16-7-9-18(22)10-8-16/h2-10,12,14-15H,11,13H2,1H3,(H,23,24). The fourth-order valence-electron chi connectivity index (χ4n) is 2.61. The number of pyridine rings is 1. The van der Waals surface area contributed by atoms with E-state index in [1.165, 1.54) is 5.56 Å². The van der Waals surface area contributed by atoms with Gasteiger partial charge in [0.25, 0.3) is 5.91 Å². The minimum absolute atomic E-state index is 0.0700. The second-order valence-electron chi connectivity index (χ2n) is 5.93. The average Bonchev–Trinajstić information content (AvgIpc) is 2.69. The Kier molecular flexibility index (Phi) is 5.87. The zero-order chi connectivity index (χ0) is 18.4. The molecule has 0 saturated heterocycles. The molecule has 0 spiro atoms. The Morgan fingerprint density at radius 2 is 1.81 bits per heavy atom. The maximum atomic E-state index is 12.7. The van der Waals surface area contributed by atoms with Crippen LogP contribution in [-0.2, 0) is 6.42 Å². The summed E-state index contributed by atoms with van der Waals surface area (Å²) in [7, 11) is 1.77. The van der Waals surface area contributed by atoms with Crippen LogP contribution in [0.2, 0.25) is 5.02 Å². The molecule has 3 rings (SSSR count). The summed E-state index contributed by atoms with van der Waals surface area (Å²) in [5, 5.41) is 4.00. The Morgan fingerprint density at radius 3 is 2.54 bits per heavy atom. The second kappa shape index (κ2) is 8.50. The van der Waals surface area contributed by atoms with Crippen LogP contribution in [0.25, 0.3) is 0 Å². The van der Waals surface area contributed by atoms with E-state index in [2.05, 4.69) is 10.3 Å². The molecule has 0 bridgehead atoms. The molecule has 4 nitrogen and oxygen atoms in total. The van der Waals surface area contributed by atoms with Crippen molar-refractivity contribution < 1.29 is 4.79 Å². The number of benzene rings is 2. The molecule has 0 radical (unpaired) electrons. The van der Waals surface area contributed by atoms with Gasteiger partial charge in [-0.15, -0.1) is 0 Å². The van der Waals surface area contributed by atoms with Gasteiger partial charge >= 0.3 is 0 Å². The third-order valence-electron chi connectivity index (χ3n) is 4.09. The fraction of sp³-hybridized carbons (Fsp3) is 0.143. The third kappa shape index (κ3) is 4.61. The number of nitrogens with one attached hydrogen (secondary N) is 1. The summed E-state index contributed by atoms with van der Waals surface area (Å²) in [6.07, 6.45) is 2.50. The molecule has 0 unspecified atom stereocenters. The van der Waals surface area contributed by atoms with Crippen LogP contribution in [0, 0.1) is 0 Å². The van der Waals surface area contributed by atoms with Crippen molar-refractivity contribution in [3.05, 3.63) is 89.1 Å². The molecule has 0 saturated carbocycles. The van der Waals surface area contributed by atoms with Crippen LogP contribution in [0.3, 0.4) is 0 Å². The smallest absolute Gasteiger partial charge is 0.258 e. The van der Waals surface area contributed by atoms with Gasteiger partial charge in [0.15, 0.2) is 0 Å². The predicted octanol–water partition coefficient (Wildman–Crippen LogP) is 4.67.